The van der Waals surface area contributed by atoms with E-state index in [1.165, 1.54) is 12.1 Å². The number of esters is 1. The van der Waals surface area contributed by atoms with Crippen molar-refractivity contribution >= 4 is 28.6 Å². The second-order valence-corrected chi connectivity index (χ2v) is 9.88. The van der Waals surface area contributed by atoms with E-state index in [1.807, 2.05) is 18.7 Å². The maximum absolute atomic E-state index is 13.8. The highest BCUT2D eigenvalue weighted by atomic mass is 19.1. The van der Waals surface area contributed by atoms with E-state index in [4.69, 9.17) is 4.74 Å². The summed E-state index contributed by atoms with van der Waals surface area (Å²) in [6.07, 6.45) is -0.401. The van der Waals surface area contributed by atoms with Crippen molar-refractivity contribution in [1.29, 1.82) is 0 Å². The molecule has 0 radical (unpaired) electrons. The number of aryl methyl sites for hydroxylation is 1. The minimum Gasteiger partial charge on any atom is -0.457 e. The number of aromatic amines is 1. The molecule has 2 unspecified atom stereocenters. The quantitative estimate of drug-likeness (QED) is 0.311. The van der Waals surface area contributed by atoms with Crippen LogP contribution in [0.25, 0.3) is 10.9 Å². The summed E-state index contributed by atoms with van der Waals surface area (Å²) in [5.74, 6) is -2.02. The second-order valence-electron chi connectivity index (χ2n) is 9.88. The molecule has 1 aliphatic rings. The molecule has 0 aliphatic carbocycles. The van der Waals surface area contributed by atoms with Crippen LogP contribution < -0.4 is 0 Å². The Morgan fingerprint density at radius 3 is 2.42 bits per heavy atom. The fourth-order valence-electron chi connectivity index (χ4n) is 4.80. The number of H-pyrrole nitrogens is 1. The summed E-state index contributed by atoms with van der Waals surface area (Å²) < 4.78 is 18.3. The van der Waals surface area contributed by atoms with Crippen LogP contribution in [0.15, 0.2) is 42.5 Å². The van der Waals surface area contributed by atoms with Gasteiger partial charge in [-0.2, -0.15) is 0 Å². The number of hydrogen-bond donors (Lipinski definition) is 1. The fourth-order valence-corrected chi connectivity index (χ4v) is 4.80. The van der Waals surface area contributed by atoms with Crippen molar-refractivity contribution in [3.63, 3.8) is 0 Å². The molecule has 0 bridgehead atoms. The number of ether oxygens (including phenoxy) is 1. The van der Waals surface area contributed by atoms with E-state index >= 15 is 0 Å². The van der Waals surface area contributed by atoms with Crippen LogP contribution in [0.2, 0.25) is 0 Å². The largest absolute Gasteiger partial charge is 0.457 e. The molecule has 4 rings (SSSR count). The molecule has 7 nitrogen and oxygen atoms in total. The number of hydrogen-bond acceptors (Lipinski definition) is 5. The minimum absolute atomic E-state index is 0.0515. The number of halogens is 1. The van der Waals surface area contributed by atoms with Gasteiger partial charge in [0.05, 0.1) is 11.7 Å². The zero-order chi connectivity index (χ0) is 26.1. The first kappa shape index (κ1) is 25.6. The lowest BCUT2D eigenvalue weighted by atomic mass is 10.0. The molecule has 1 N–H and O–H groups in total. The normalized spacial score (nSPS) is 18.6. The molecule has 8 heteroatoms. The smallest absolute Gasteiger partial charge is 0.379 e. The van der Waals surface area contributed by atoms with Gasteiger partial charge in [-0.1, -0.05) is 12.1 Å². The van der Waals surface area contributed by atoms with Gasteiger partial charge < -0.3 is 14.6 Å². The Morgan fingerprint density at radius 2 is 1.75 bits per heavy atom. The Hall–Kier alpha value is -3.52. The molecule has 1 amide bonds. The van der Waals surface area contributed by atoms with Crippen molar-refractivity contribution < 1.29 is 23.5 Å². The van der Waals surface area contributed by atoms with Crippen LogP contribution in [0.1, 0.15) is 59.7 Å². The lowest BCUT2D eigenvalue weighted by molar-refractivity contribution is -0.141. The Kier molecular flexibility index (Phi) is 7.26. The van der Waals surface area contributed by atoms with E-state index in [9.17, 15) is 18.8 Å². The van der Waals surface area contributed by atoms with Gasteiger partial charge in [0, 0.05) is 53.9 Å². The predicted octanol–water partition coefficient (Wildman–Crippen LogP) is 4.48. The van der Waals surface area contributed by atoms with E-state index in [0.29, 0.717) is 36.3 Å². The van der Waals surface area contributed by atoms with E-state index in [2.05, 4.69) is 16.8 Å². The average Bonchev–Trinajstić information content (AvgIpc) is 3.16. The van der Waals surface area contributed by atoms with Gasteiger partial charge in [-0.25, -0.2) is 9.18 Å². The van der Waals surface area contributed by atoms with Crippen molar-refractivity contribution in [1.82, 2.24) is 14.8 Å². The van der Waals surface area contributed by atoms with Crippen LogP contribution in [0.5, 0.6) is 0 Å². The molecule has 0 saturated carbocycles. The zero-order valence-electron chi connectivity index (χ0n) is 21.3. The summed E-state index contributed by atoms with van der Waals surface area (Å²) in [5.41, 5.74) is 3.14. The maximum atomic E-state index is 13.8. The average molecular weight is 494 g/mol. The van der Waals surface area contributed by atoms with E-state index in [-0.39, 0.29) is 29.4 Å². The highest BCUT2D eigenvalue weighted by Gasteiger charge is 2.34. The van der Waals surface area contributed by atoms with Crippen molar-refractivity contribution in [2.24, 2.45) is 0 Å². The third-order valence-electron chi connectivity index (χ3n) is 6.67. The summed E-state index contributed by atoms with van der Waals surface area (Å²) in [6, 6.07) is 11.4. The summed E-state index contributed by atoms with van der Waals surface area (Å²) in [6.45, 7) is 11.2. The van der Waals surface area contributed by atoms with Crippen molar-refractivity contribution in [2.75, 3.05) is 13.1 Å². The van der Waals surface area contributed by atoms with E-state index < -0.39 is 17.9 Å². The van der Waals surface area contributed by atoms with Gasteiger partial charge in [-0.15, -0.1) is 0 Å². The van der Waals surface area contributed by atoms with E-state index in [0.717, 1.165) is 11.1 Å². The Balaban J connectivity index is 1.56. The molecule has 3 aromatic rings. The van der Waals surface area contributed by atoms with Crippen LogP contribution in [0, 0.1) is 12.7 Å². The number of fused-ring (bicyclic) bond motifs is 1. The molecule has 1 aromatic heterocycles. The van der Waals surface area contributed by atoms with Crippen molar-refractivity contribution in [3.8, 4) is 0 Å². The molecule has 2 heterocycles. The number of benzene rings is 2. The lowest BCUT2D eigenvalue weighted by Crippen LogP contribution is -2.57. The molecule has 190 valence electrons. The number of nitrogens with one attached hydrogen (secondary N) is 1. The first-order valence-electron chi connectivity index (χ1n) is 12.2. The van der Waals surface area contributed by atoms with Gasteiger partial charge in [-0.05, 0) is 70.5 Å². The van der Waals surface area contributed by atoms with Crippen molar-refractivity contribution in [3.05, 3.63) is 70.7 Å². The Morgan fingerprint density at radius 1 is 1.06 bits per heavy atom. The molecule has 2 aromatic carbocycles. The first-order chi connectivity index (χ1) is 17.0. The number of Topliss-reactive ketones (excluding diaryl/α,β-unsaturated/α-hetero) is 1. The van der Waals surface area contributed by atoms with Gasteiger partial charge in [-0.3, -0.25) is 14.5 Å². The van der Waals surface area contributed by atoms with Crippen LogP contribution >= 0.6 is 0 Å². The minimum atomic E-state index is -0.913. The topological polar surface area (TPSA) is 82.7 Å². The van der Waals surface area contributed by atoms with Crippen LogP contribution in [-0.4, -0.2) is 63.7 Å². The number of ketones is 1. The number of carbonyl (C=O) groups excluding carboxylic acids is 3. The molecule has 36 heavy (non-hydrogen) atoms. The van der Waals surface area contributed by atoms with Crippen LogP contribution in [0.4, 0.5) is 4.39 Å². The number of nitrogens with zero attached hydrogens (tertiary/aromatic N) is 2. The molecular formula is C28H32FN3O4. The number of amides is 1. The third-order valence-corrected chi connectivity index (χ3v) is 6.67. The Labute approximate surface area is 210 Å². The third kappa shape index (κ3) is 5.18. The number of piperazine rings is 1. The van der Waals surface area contributed by atoms with Gasteiger partial charge in [0.1, 0.15) is 5.82 Å². The SMILES string of the molecule is Cc1[nH]c2ccc(C(=O)C(=O)OC(C)C)cc2c1C(=O)N1CC(C)N(Cc2ccc(F)cc2)CC1C. The number of rotatable bonds is 6. The standard InChI is InChI=1S/C28H32FN3O4/c1-16(2)36-28(35)26(33)21-8-11-24-23(12-21)25(19(5)30-24)27(34)32-14-17(3)31(13-18(32)4)15-20-6-9-22(29)10-7-20/h6-12,16-18,30H,13-15H2,1-5H3. The molecular weight excluding hydrogens is 461 g/mol. The number of aromatic nitrogens is 1. The highest BCUT2D eigenvalue weighted by molar-refractivity contribution is 6.41. The molecule has 0 spiro atoms. The van der Waals surface area contributed by atoms with Gasteiger partial charge in [0.2, 0.25) is 0 Å². The second kappa shape index (κ2) is 10.2. The predicted molar refractivity (Wildman–Crippen MR) is 135 cm³/mol. The summed E-state index contributed by atoms with van der Waals surface area (Å²) >= 11 is 0. The summed E-state index contributed by atoms with van der Waals surface area (Å²) in [5, 5.41) is 0.606. The molecule has 1 aliphatic heterocycles. The van der Waals surface area contributed by atoms with E-state index in [1.54, 1.807) is 44.2 Å². The maximum Gasteiger partial charge on any atom is 0.379 e. The fraction of sp³-hybridized carbons (Fsp3) is 0.393. The summed E-state index contributed by atoms with van der Waals surface area (Å²) in [4.78, 5) is 45.9. The zero-order valence-corrected chi connectivity index (χ0v) is 21.3. The lowest BCUT2D eigenvalue weighted by Gasteiger charge is -2.44. The first-order valence-corrected chi connectivity index (χ1v) is 12.2. The van der Waals surface area contributed by atoms with Crippen LogP contribution in [-0.2, 0) is 16.1 Å². The molecule has 2 atom stereocenters. The van der Waals surface area contributed by atoms with Gasteiger partial charge in [0.25, 0.3) is 11.7 Å². The molecule has 1 saturated heterocycles. The van der Waals surface area contributed by atoms with Crippen molar-refractivity contribution in [2.45, 2.75) is 59.4 Å². The van der Waals surface area contributed by atoms with Gasteiger partial charge >= 0.3 is 5.97 Å². The monoisotopic (exact) mass is 493 g/mol. The highest BCUT2D eigenvalue weighted by Crippen LogP contribution is 2.28. The molecule has 1 fully saturated rings. The summed E-state index contributed by atoms with van der Waals surface area (Å²) in [7, 11) is 0. The van der Waals surface area contributed by atoms with Crippen LogP contribution in [0.3, 0.4) is 0 Å². The Bertz CT molecular complexity index is 1300. The number of carbonyl (C=O) groups is 3. The van der Waals surface area contributed by atoms with Gasteiger partial charge in [0.15, 0.2) is 0 Å².